The lowest BCUT2D eigenvalue weighted by atomic mass is 9.94. The van der Waals surface area contributed by atoms with Gasteiger partial charge in [-0.1, -0.05) is 42.3 Å². The van der Waals surface area contributed by atoms with E-state index in [1.54, 1.807) is 12.1 Å². The van der Waals surface area contributed by atoms with Crippen LogP contribution in [0.3, 0.4) is 0 Å². The number of piperidine rings is 1. The van der Waals surface area contributed by atoms with Gasteiger partial charge in [0, 0.05) is 17.5 Å². The molecule has 1 fully saturated rings. The number of para-hydroxylation sites is 1. The number of esters is 1. The molecule has 2 unspecified atom stereocenters. The Hall–Kier alpha value is -3.19. The summed E-state index contributed by atoms with van der Waals surface area (Å²) in [5, 5.41) is 6.47. The Labute approximate surface area is 207 Å². The highest BCUT2D eigenvalue weighted by atomic mass is 16.5. The molecule has 0 radical (unpaired) electrons. The van der Waals surface area contributed by atoms with Gasteiger partial charge in [-0.2, -0.15) is 5.10 Å². The van der Waals surface area contributed by atoms with Crippen LogP contribution in [0.25, 0.3) is 0 Å². The Morgan fingerprint density at radius 2 is 1.91 bits per heavy atom. The zero-order valence-corrected chi connectivity index (χ0v) is 21.1. The van der Waals surface area contributed by atoms with Crippen LogP contribution < -0.4 is 4.74 Å². The maximum Gasteiger partial charge on any atom is 0.323 e. The van der Waals surface area contributed by atoms with Gasteiger partial charge in [-0.25, -0.2) is 5.01 Å². The zero-order chi connectivity index (χ0) is 24.9. The van der Waals surface area contributed by atoms with Crippen molar-refractivity contribution in [1.29, 1.82) is 0 Å². The third kappa shape index (κ3) is 5.40. The minimum absolute atomic E-state index is 0.124. The molecule has 1 saturated heterocycles. The van der Waals surface area contributed by atoms with Crippen LogP contribution in [-0.2, 0) is 14.3 Å². The van der Waals surface area contributed by atoms with Crippen LogP contribution in [0.2, 0.25) is 0 Å². The van der Waals surface area contributed by atoms with Crippen molar-refractivity contribution in [2.75, 3.05) is 26.8 Å². The summed E-state index contributed by atoms with van der Waals surface area (Å²) < 4.78 is 10.9. The average Bonchev–Trinajstić information content (AvgIpc) is 3.31. The summed E-state index contributed by atoms with van der Waals surface area (Å²) in [7, 11) is 1.64. The Bertz CT molecular complexity index is 1110. The minimum Gasteiger partial charge on any atom is -0.496 e. The highest BCUT2D eigenvalue weighted by Crippen LogP contribution is 2.38. The number of rotatable bonds is 7. The van der Waals surface area contributed by atoms with E-state index in [0.717, 1.165) is 46.6 Å². The molecule has 186 valence electrons. The van der Waals surface area contributed by atoms with E-state index in [4.69, 9.17) is 14.6 Å². The van der Waals surface area contributed by atoms with Crippen molar-refractivity contribution in [2.24, 2.45) is 5.10 Å². The van der Waals surface area contributed by atoms with Crippen molar-refractivity contribution in [1.82, 2.24) is 9.91 Å². The van der Waals surface area contributed by atoms with E-state index >= 15 is 0 Å². The number of nitrogens with zero attached hydrogens (tertiary/aromatic N) is 3. The third-order valence-corrected chi connectivity index (χ3v) is 6.88. The van der Waals surface area contributed by atoms with E-state index in [1.165, 1.54) is 0 Å². The van der Waals surface area contributed by atoms with E-state index in [1.807, 2.05) is 36.1 Å². The quantitative estimate of drug-likeness (QED) is 0.553. The number of carbonyl (C=O) groups excluding carboxylic acids is 2. The molecule has 0 N–H and O–H groups in total. The fourth-order valence-corrected chi connectivity index (χ4v) is 5.07. The van der Waals surface area contributed by atoms with Gasteiger partial charge in [0.25, 0.3) is 5.91 Å². The predicted octanol–water partition coefficient (Wildman–Crippen LogP) is 4.41. The molecule has 0 aromatic heterocycles. The number of aryl methyl sites for hydroxylation is 2. The fourth-order valence-electron chi connectivity index (χ4n) is 5.07. The number of benzene rings is 2. The second-order valence-corrected chi connectivity index (χ2v) is 9.30. The first-order valence-corrected chi connectivity index (χ1v) is 12.4. The normalized spacial score (nSPS) is 20.5. The maximum atomic E-state index is 13.7. The standard InChI is InChI=1S/C28H35N3O4/c1-5-35-28(33)24-11-8-9-15-30(24)18-27(32)31-25(21-10-6-7-12-26(21)34-4)17-23(29-31)22-16-19(2)13-14-20(22)3/h6-7,10,12-14,16,24-25H,5,8-9,11,15,17-18H2,1-4H3. The van der Waals surface area contributed by atoms with Crippen molar-refractivity contribution in [3.05, 3.63) is 64.7 Å². The van der Waals surface area contributed by atoms with Gasteiger partial charge >= 0.3 is 5.97 Å². The molecule has 35 heavy (non-hydrogen) atoms. The van der Waals surface area contributed by atoms with E-state index in [-0.39, 0.29) is 30.5 Å². The summed E-state index contributed by atoms with van der Waals surface area (Å²) in [5.74, 6) is 0.356. The maximum absolute atomic E-state index is 13.7. The number of amides is 1. The van der Waals surface area contributed by atoms with E-state index in [9.17, 15) is 9.59 Å². The van der Waals surface area contributed by atoms with Crippen molar-refractivity contribution in [3.63, 3.8) is 0 Å². The molecule has 4 rings (SSSR count). The topological polar surface area (TPSA) is 71.4 Å². The van der Waals surface area contributed by atoms with Crippen molar-refractivity contribution >= 4 is 17.6 Å². The molecule has 7 heteroatoms. The van der Waals surface area contributed by atoms with Crippen LogP contribution >= 0.6 is 0 Å². The monoisotopic (exact) mass is 477 g/mol. The first-order valence-electron chi connectivity index (χ1n) is 12.4. The largest absolute Gasteiger partial charge is 0.496 e. The van der Waals surface area contributed by atoms with Gasteiger partial charge < -0.3 is 9.47 Å². The number of carbonyl (C=O) groups is 2. The van der Waals surface area contributed by atoms with Crippen LogP contribution in [0.4, 0.5) is 0 Å². The minimum atomic E-state index is -0.387. The van der Waals surface area contributed by atoms with Gasteiger partial charge in [0.05, 0.1) is 32.0 Å². The van der Waals surface area contributed by atoms with Crippen LogP contribution in [0.15, 0.2) is 47.6 Å². The zero-order valence-electron chi connectivity index (χ0n) is 21.1. The fraction of sp³-hybridized carbons (Fsp3) is 0.464. The molecule has 0 bridgehead atoms. The summed E-state index contributed by atoms with van der Waals surface area (Å²) in [5.41, 5.74) is 5.14. The molecular weight excluding hydrogens is 442 g/mol. The Kier molecular flexibility index (Phi) is 7.86. The number of hydrogen-bond donors (Lipinski definition) is 0. The van der Waals surface area contributed by atoms with Gasteiger partial charge in [0.2, 0.25) is 0 Å². The summed E-state index contributed by atoms with van der Waals surface area (Å²) in [6, 6.07) is 13.4. The molecule has 2 heterocycles. The predicted molar refractivity (Wildman–Crippen MR) is 135 cm³/mol. The second-order valence-electron chi connectivity index (χ2n) is 9.30. The second kappa shape index (κ2) is 11.0. The molecule has 2 atom stereocenters. The first kappa shape index (κ1) is 24.9. The molecule has 2 aliphatic heterocycles. The third-order valence-electron chi connectivity index (χ3n) is 6.88. The summed E-state index contributed by atoms with van der Waals surface area (Å²) in [6.07, 6.45) is 3.21. The molecule has 2 aliphatic rings. The lowest BCUT2D eigenvalue weighted by Gasteiger charge is -2.34. The highest BCUT2D eigenvalue weighted by Gasteiger charge is 2.38. The van der Waals surface area contributed by atoms with Crippen molar-refractivity contribution in [3.8, 4) is 5.75 Å². The van der Waals surface area contributed by atoms with E-state index < -0.39 is 0 Å². The average molecular weight is 478 g/mol. The summed E-state index contributed by atoms with van der Waals surface area (Å²) in [4.78, 5) is 28.2. The number of likely N-dealkylation sites (tertiary alicyclic amines) is 1. The Morgan fingerprint density at radius 1 is 1.11 bits per heavy atom. The lowest BCUT2D eigenvalue weighted by Crippen LogP contribution is -2.49. The molecule has 2 aromatic carbocycles. The molecule has 1 amide bonds. The number of hydrogen-bond acceptors (Lipinski definition) is 6. The molecule has 0 saturated carbocycles. The molecule has 7 nitrogen and oxygen atoms in total. The smallest absolute Gasteiger partial charge is 0.323 e. The molecular formula is C28H35N3O4. The number of methoxy groups -OCH3 is 1. The van der Waals surface area contributed by atoms with Crippen LogP contribution in [0.5, 0.6) is 5.75 Å². The van der Waals surface area contributed by atoms with Crippen molar-refractivity contribution in [2.45, 2.75) is 58.5 Å². The Balaban J connectivity index is 1.66. The molecule has 0 spiro atoms. The Morgan fingerprint density at radius 3 is 2.69 bits per heavy atom. The summed E-state index contributed by atoms with van der Waals surface area (Å²) >= 11 is 0. The first-order chi connectivity index (χ1) is 16.9. The summed E-state index contributed by atoms with van der Waals surface area (Å²) in [6.45, 7) is 7.08. The van der Waals surface area contributed by atoms with Crippen LogP contribution in [-0.4, -0.2) is 60.3 Å². The number of hydrazone groups is 1. The van der Waals surface area contributed by atoms with Gasteiger partial charge in [-0.15, -0.1) is 0 Å². The van der Waals surface area contributed by atoms with Crippen molar-refractivity contribution < 1.29 is 19.1 Å². The molecule has 2 aromatic rings. The van der Waals surface area contributed by atoms with E-state index in [2.05, 4.69) is 32.0 Å². The van der Waals surface area contributed by atoms with Gasteiger partial charge in [0.15, 0.2) is 0 Å². The SMILES string of the molecule is CCOC(=O)C1CCCCN1CC(=O)N1N=C(c2cc(C)ccc2C)CC1c1ccccc1OC. The molecule has 0 aliphatic carbocycles. The van der Waals surface area contributed by atoms with Gasteiger partial charge in [-0.3, -0.25) is 14.5 Å². The number of ether oxygens (including phenoxy) is 2. The van der Waals surface area contributed by atoms with Crippen LogP contribution in [0, 0.1) is 13.8 Å². The van der Waals surface area contributed by atoms with Gasteiger partial charge in [0.1, 0.15) is 11.8 Å². The highest BCUT2D eigenvalue weighted by molar-refractivity contribution is 6.04. The van der Waals surface area contributed by atoms with Crippen LogP contribution in [0.1, 0.15) is 60.9 Å². The lowest BCUT2D eigenvalue weighted by molar-refractivity contribution is -0.152. The van der Waals surface area contributed by atoms with E-state index in [0.29, 0.717) is 26.0 Å². The van der Waals surface area contributed by atoms with Gasteiger partial charge in [-0.05, 0) is 57.9 Å².